The molecule has 0 aliphatic heterocycles. The molecule has 0 bridgehead atoms. The average molecular weight is 490 g/mol. The van der Waals surface area contributed by atoms with Crippen LogP contribution in [0, 0.1) is 19.8 Å². The van der Waals surface area contributed by atoms with E-state index in [2.05, 4.69) is 10.6 Å². The van der Waals surface area contributed by atoms with E-state index in [9.17, 15) is 22.8 Å². The summed E-state index contributed by atoms with van der Waals surface area (Å²) in [6.07, 6.45) is 0. The van der Waals surface area contributed by atoms with Crippen molar-refractivity contribution in [2.45, 2.75) is 38.6 Å². The van der Waals surface area contributed by atoms with Gasteiger partial charge in [-0.05, 0) is 49.6 Å². The van der Waals surface area contributed by atoms with E-state index in [1.807, 2.05) is 13.0 Å². The number of hydrogen-bond acceptors (Lipinski definition) is 6. The highest BCUT2D eigenvalue weighted by Gasteiger charge is 2.27. The van der Waals surface area contributed by atoms with Crippen molar-refractivity contribution in [3.05, 3.63) is 59.2 Å². The van der Waals surface area contributed by atoms with Crippen LogP contribution < -0.4 is 10.6 Å². The topological polar surface area (TPSA) is 122 Å². The maximum atomic E-state index is 12.6. The number of aryl methyl sites for hydroxylation is 2. The van der Waals surface area contributed by atoms with Crippen LogP contribution in [0.2, 0.25) is 0 Å². The van der Waals surface area contributed by atoms with Crippen molar-refractivity contribution in [3.63, 3.8) is 0 Å². The lowest BCUT2D eigenvalue weighted by Gasteiger charge is -2.21. The third-order valence-electron chi connectivity index (χ3n) is 5.06. The summed E-state index contributed by atoms with van der Waals surface area (Å²) in [6.45, 7) is 6.42. The number of hydrogen-bond donors (Lipinski definition) is 2. The third kappa shape index (κ3) is 6.88. The van der Waals surface area contributed by atoms with E-state index >= 15 is 0 Å². The van der Waals surface area contributed by atoms with E-state index in [4.69, 9.17) is 4.74 Å². The van der Waals surface area contributed by atoms with Gasteiger partial charge >= 0.3 is 5.97 Å². The van der Waals surface area contributed by atoms with Gasteiger partial charge in [-0.15, -0.1) is 0 Å². The Kier molecular flexibility index (Phi) is 8.94. The second-order valence-electron chi connectivity index (χ2n) is 8.49. The molecule has 2 rings (SSSR count). The third-order valence-corrected chi connectivity index (χ3v) is 7.02. The zero-order valence-electron chi connectivity index (χ0n) is 20.2. The highest BCUT2D eigenvalue weighted by atomic mass is 32.2. The van der Waals surface area contributed by atoms with Gasteiger partial charge in [0.05, 0.1) is 4.90 Å². The lowest BCUT2D eigenvalue weighted by molar-refractivity contribution is -0.150. The Morgan fingerprint density at radius 1 is 1.03 bits per heavy atom. The number of anilines is 1. The summed E-state index contributed by atoms with van der Waals surface area (Å²) in [7, 11) is -0.855. The van der Waals surface area contributed by atoms with E-state index in [0.29, 0.717) is 11.1 Å². The number of nitrogens with zero attached hydrogens (tertiary/aromatic N) is 1. The summed E-state index contributed by atoms with van der Waals surface area (Å²) in [5, 5.41) is 5.19. The van der Waals surface area contributed by atoms with Gasteiger partial charge < -0.3 is 15.4 Å². The minimum absolute atomic E-state index is 0.0611. The fraction of sp³-hybridized carbons (Fsp3) is 0.375. The maximum absolute atomic E-state index is 12.6. The van der Waals surface area contributed by atoms with Gasteiger partial charge in [0.25, 0.3) is 11.8 Å². The fourth-order valence-corrected chi connectivity index (χ4v) is 4.23. The van der Waals surface area contributed by atoms with Crippen LogP contribution in [0.1, 0.15) is 35.3 Å². The molecular formula is C24H31N3O6S. The van der Waals surface area contributed by atoms with Crippen molar-refractivity contribution in [2.24, 2.45) is 5.92 Å². The average Bonchev–Trinajstić information content (AvgIpc) is 2.76. The summed E-state index contributed by atoms with van der Waals surface area (Å²) >= 11 is 0. The first-order valence-corrected chi connectivity index (χ1v) is 12.1. The number of esters is 1. The predicted octanol–water partition coefficient (Wildman–Crippen LogP) is 2.49. The summed E-state index contributed by atoms with van der Waals surface area (Å²) in [4.78, 5) is 37.5. The standard InChI is InChI=1S/C24H31N3O6S/c1-15(2)22(26-23(29)18-9-7-8-16(3)12-18)24(30)33-14-21(28)25-19-11-10-17(4)20(13-19)34(31,32)27(5)6/h7-13,15,22H,14H2,1-6H3,(H,25,28)(H,26,29)/t22-/m0/s1. The molecular weight excluding hydrogens is 458 g/mol. The van der Waals surface area contributed by atoms with Crippen LogP contribution in [-0.4, -0.2) is 57.3 Å². The number of carbonyl (C=O) groups excluding carboxylic acids is 3. The van der Waals surface area contributed by atoms with Crippen LogP contribution in [0.15, 0.2) is 47.4 Å². The van der Waals surface area contributed by atoms with Gasteiger partial charge in [-0.1, -0.05) is 37.6 Å². The smallest absolute Gasteiger partial charge is 0.329 e. The second-order valence-corrected chi connectivity index (χ2v) is 10.6. The zero-order valence-corrected chi connectivity index (χ0v) is 21.0. The minimum Gasteiger partial charge on any atom is -0.454 e. The molecule has 0 unspecified atom stereocenters. The summed E-state index contributed by atoms with van der Waals surface area (Å²) in [6, 6.07) is 10.5. The van der Waals surface area contributed by atoms with Crippen molar-refractivity contribution in [1.82, 2.24) is 9.62 Å². The Morgan fingerprint density at radius 3 is 2.29 bits per heavy atom. The molecule has 9 nitrogen and oxygen atoms in total. The molecule has 2 N–H and O–H groups in total. The molecule has 1 atom stereocenters. The van der Waals surface area contributed by atoms with Gasteiger partial charge in [-0.25, -0.2) is 17.5 Å². The van der Waals surface area contributed by atoms with Gasteiger partial charge in [-0.2, -0.15) is 0 Å². The molecule has 0 aliphatic carbocycles. The van der Waals surface area contributed by atoms with Crippen molar-refractivity contribution < 1.29 is 27.5 Å². The Labute approximate surface area is 200 Å². The molecule has 0 saturated heterocycles. The van der Waals surface area contributed by atoms with E-state index < -0.39 is 40.5 Å². The lowest BCUT2D eigenvalue weighted by atomic mass is 10.0. The number of ether oxygens (including phenoxy) is 1. The Balaban J connectivity index is 2.03. The Hall–Kier alpha value is -3.24. The van der Waals surface area contributed by atoms with E-state index in [0.717, 1.165) is 9.87 Å². The van der Waals surface area contributed by atoms with E-state index in [-0.39, 0.29) is 16.5 Å². The molecule has 34 heavy (non-hydrogen) atoms. The monoisotopic (exact) mass is 489 g/mol. The largest absolute Gasteiger partial charge is 0.454 e. The summed E-state index contributed by atoms with van der Waals surface area (Å²) in [5.41, 5.74) is 2.10. The molecule has 2 amide bonds. The number of benzene rings is 2. The number of nitrogens with one attached hydrogen (secondary N) is 2. The quantitative estimate of drug-likeness (QED) is 0.522. The van der Waals surface area contributed by atoms with Gasteiger partial charge in [0.15, 0.2) is 6.61 Å². The van der Waals surface area contributed by atoms with Crippen LogP contribution in [-0.2, 0) is 24.3 Å². The molecule has 10 heteroatoms. The highest BCUT2D eigenvalue weighted by molar-refractivity contribution is 7.89. The first-order valence-electron chi connectivity index (χ1n) is 10.7. The first kappa shape index (κ1) is 27.0. The molecule has 0 fully saturated rings. The predicted molar refractivity (Wildman–Crippen MR) is 129 cm³/mol. The fourth-order valence-electron chi connectivity index (χ4n) is 3.08. The van der Waals surface area contributed by atoms with E-state index in [1.165, 1.54) is 20.2 Å². The van der Waals surface area contributed by atoms with Crippen molar-refractivity contribution in [1.29, 1.82) is 0 Å². The molecule has 2 aromatic carbocycles. The molecule has 0 spiro atoms. The van der Waals surface area contributed by atoms with Gasteiger partial charge in [0.1, 0.15) is 6.04 Å². The number of sulfonamides is 1. The van der Waals surface area contributed by atoms with E-state index in [1.54, 1.807) is 51.1 Å². The van der Waals surface area contributed by atoms with Crippen LogP contribution in [0.5, 0.6) is 0 Å². The van der Waals surface area contributed by atoms with Gasteiger partial charge in [0.2, 0.25) is 10.0 Å². The van der Waals surface area contributed by atoms with Gasteiger partial charge in [0, 0.05) is 25.3 Å². The molecule has 0 aliphatic rings. The first-order chi connectivity index (χ1) is 15.8. The van der Waals surface area contributed by atoms with Crippen LogP contribution in [0.3, 0.4) is 0 Å². The van der Waals surface area contributed by atoms with Crippen LogP contribution in [0.25, 0.3) is 0 Å². The maximum Gasteiger partial charge on any atom is 0.329 e. The van der Waals surface area contributed by atoms with Crippen molar-refractivity contribution in [2.75, 3.05) is 26.0 Å². The van der Waals surface area contributed by atoms with Gasteiger partial charge in [-0.3, -0.25) is 9.59 Å². The van der Waals surface area contributed by atoms with Crippen molar-refractivity contribution >= 4 is 33.5 Å². The number of rotatable bonds is 9. The molecule has 0 saturated carbocycles. The minimum atomic E-state index is -3.69. The zero-order chi connectivity index (χ0) is 25.6. The molecule has 0 aromatic heterocycles. The van der Waals surface area contributed by atoms with Crippen LogP contribution >= 0.6 is 0 Å². The number of carbonyl (C=O) groups is 3. The molecule has 2 aromatic rings. The molecule has 184 valence electrons. The summed E-state index contributed by atoms with van der Waals surface area (Å²) in [5.74, 6) is -2.08. The summed E-state index contributed by atoms with van der Waals surface area (Å²) < 4.78 is 31.1. The number of amides is 2. The second kappa shape index (κ2) is 11.3. The Bertz CT molecular complexity index is 1170. The normalized spacial score (nSPS) is 12.4. The molecule has 0 heterocycles. The van der Waals surface area contributed by atoms with Crippen LogP contribution in [0.4, 0.5) is 5.69 Å². The molecule has 0 radical (unpaired) electrons. The SMILES string of the molecule is Cc1cccc(C(=O)N[C@H](C(=O)OCC(=O)Nc2ccc(C)c(S(=O)(=O)N(C)C)c2)C(C)C)c1. The Morgan fingerprint density at radius 2 is 1.71 bits per heavy atom. The lowest BCUT2D eigenvalue weighted by Crippen LogP contribution is -2.46. The van der Waals surface area contributed by atoms with Crippen molar-refractivity contribution in [3.8, 4) is 0 Å². The highest BCUT2D eigenvalue weighted by Crippen LogP contribution is 2.22.